The van der Waals surface area contributed by atoms with Gasteiger partial charge in [0.05, 0.1) is 5.92 Å². The van der Waals surface area contributed by atoms with E-state index in [-0.39, 0.29) is 12.5 Å². The number of amides is 1. The largest absolute Gasteiger partial charge is 0.481 e. The van der Waals surface area contributed by atoms with Crippen LogP contribution in [0, 0.1) is 5.92 Å². The number of hydrogen-bond acceptors (Lipinski definition) is 3. The summed E-state index contributed by atoms with van der Waals surface area (Å²) in [6.07, 6.45) is -0.462. The fraction of sp³-hybridized carbons (Fsp3) is 0.500. The molecule has 5 nitrogen and oxygen atoms in total. The van der Waals surface area contributed by atoms with E-state index in [0.717, 1.165) is 10.0 Å². The molecule has 0 radical (unpaired) electrons. The molecule has 2 rings (SSSR count). The Hall–Kier alpha value is -1.56. The summed E-state index contributed by atoms with van der Waals surface area (Å²) in [7, 11) is 0. The third-order valence-corrected chi connectivity index (χ3v) is 4.06. The number of halogens is 1. The van der Waals surface area contributed by atoms with Gasteiger partial charge in [0.15, 0.2) is 0 Å². The van der Waals surface area contributed by atoms with E-state index in [1.165, 1.54) is 4.90 Å². The number of nitrogens with zero attached hydrogens (tertiary/aromatic N) is 1. The molecule has 120 valence electrons. The van der Waals surface area contributed by atoms with Crippen molar-refractivity contribution in [3.05, 3.63) is 34.3 Å². The van der Waals surface area contributed by atoms with Crippen LogP contribution in [0.5, 0.6) is 0 Å². The van der Waals surface area contributed by atoms with Gasteiger partial charge in [0.2, 0.25) is 0 Å². The van der Waals surface area contributed by atoms with Crippen LogP contribution in [0.2, 0.25) is 0 Å². The molecule has 0 spiro atoms. The van der Waals surface area contributed by atoms with Crippen LogP contribution in [0.3, 0.4) is 0 Å². The first-order chi connectivity index (χ1) is 10.2. The molecule has 1 N–H and O–H groups in total. The summed E-state index contributed by atoms with van der Waals surface area (Å²) in [4.78, 5) is 25.2. The number of carboxylic acid groups (broad SMARTS) is 1. The Kier molecular flexibility index (Phi) is 4.80. The Morgan fingerprint density at radius 1 is 1.32 bits per heavy atom. The van der Waals surface area contributed by atoms with Gasteiger partial charge in [-0.1, -0.05) is 28.1 Å². The first kappa shape index (κ1) is 16.8. The lowest BCUT2D eigenvalue weighted by atomic mass is 9.89. The smallest absolute Gasteiger partial charge is 0.410 e. The highest BCUT2D eigenvalue weighted by Gasteiger charge is 2.41. The fourth-order valence-corrected chi connectivity index (χ4v) is 3.02. The molecule has 2 unspecified atom stereocenters. The Bertz CT molecular complexity index is 582. The number of aliphatic carboxylic acids is 1. The van der Waals surface area contributed by atoms with E-state index in [9.17, 15) is 14.7 Å². The van der Waals surface area contributed by atoms with Crippen LogP contribution in [-0.2, 0) is 9.53 Å². The molecule has 1 aliphatic heterocycles. The van der Waals surface area contributed by atoms with E-state index in [4.69, 9.17) is 4.74 Å². The molecule has 0 bridgehead atoms. The van der Waals surface area contributed by atoms with Crippen LogP contribution in [-0.4, -0.2) is 40.8 Å². The predicted octanol–water partition coefficient (Wildman–Crippen LogP) is 3.48. The van der Waals surface area contributed by atoms with E-state index in [2.05, 4.69) is 15.9 Å². The first-order valence-corrected chi connectivity index (χ1v) is 7.93. The lowest BCUT2D eigenvalue weighted by molar-refractivity contribution is -0.141. The minimum atomic E-state index is -0.893. The lowest BCUT2D eigenvalue weighted by Crippen LogP contribution is -2.35. The fourth-order valence-electron chi connectivity index (χ4n) is 2.60. The van der Waals surface area contributed by atoms with Gasteiger partial charge in [-0.25, -0.2) is 4.79 Å². The molecule has 1 heterocycles. The van der Waals surface area contributed by atoms with Crippen molar-refractivity contribution in [2.45, 2.75) is 32.3 Å². The molecular formula is C16H20BrNO4. The molecule has 1 aromatic carbocycles. The maximum atomic E-state index is 12.2. The van der Waals surface area contributed by atoms with Crippen LogP contribution >= 0.6 is 15.9 Å². The number of carbonyl (C=O) groups excluding carboxylic acids is 1. The standard InChI is InChI=1S/C16H20BrNO4/c1-16(2,3)22-15(21)18-8-12(13(9-18)14(19)20)10-5-4-6-11(17)7-10/h4-7,12-13H,8-9H2,1-3H3,(H,19,20). The summed E-state index contributed by atoms with van der Waals surface area (Å²) in [5, 5.41) is 9.46. The molecule has 0 aromatic heterocycles. The van der Waals surface area contributed by atoms with Gasteiger partial charge in [-0.3, -0.25) is 4.79 Å². The monoisotopic (exact) mass is 369 g/mol. The Labute approximate surface area is 138 Å². The number of hydrogen-bond donors (Lipinski definition) is 1. The van der Waals surface area contributed by atoms with E-state index in [1.54, 1.807) is 20.8 Å². The van der Waals surface area contributed by atoms with Gasteiger partial charge in [-0.15, -0.1) is 0 Å². The van der Waals surface area contributed by atoms with Crippen molar-refractivity contribution in [1.29, 1.82) is 0 Å². The van der Waals surface area contributed by atoms with Crippen molar-refractivity contribution < 1.29 is 19.4 Å². The highest BCUT2D eigenvalue weighted by atomic mass is 79.9. The molecule has 1 saturated heterocycles. The third kappa shape index (κ3) is 4.00. The topological polar surface area (TPSA) is 66.8 Å². The Balaban J connectivity index is 2.20. The van der Waals surface area contributed by atoms with Crippen LogP contribution < -0.4 is 0 Å². The normalized spacial score (nSPS) is 21.7. The average Bonchev–Trinajstić information content (AvgIpc) is 2.82. The number of rotatable bonds is 2. The van der Waals surface area contributed by atoms with Crippen LogP contribution in [0.4, 0.5) is 4.79 Å². The Morgan fingerprint density at radius 3 is 2.55 bits per heavy atom. The molecule has 1 amide bonds. The van der Waals surface area contributed by atoms with Crippen molar-refractivity contribution in [2.75, 3.05) is 13.1 Å². The summed E-state index contributed by atoms with van der Waals surface area (Å²) in [6.45, 7) is 5.90. The molecule has 0 aliphatic carbocycles. The molecule has 6 heteroatoms. The zero-order chi connectivity index (χ0) is 16.5. The number of likely N-dealkylation sites (tertiary alicyclic amines) is 1. The van der Waals surface area contributed by atoms with Crippen molar-refractivity contribution in [1.82, 2.24) is 4.90 Å². The third-order valence-electron chi connectivity index (χ3n) is 3.57. The van der Waals surface area contributed by atoms with E-state index >= 15 is 0 Å². The van der Waals surface area contributed by atoms with Gasteiger partial charge in [0.25, 0.3) is 0 Å². The van der Waals surface area contributed by atoms with Gasteiger partial charge in [-0.05, 0) is 38.5 Å². The Morgan fingerprint density at radius 2 is 2.00 bits per heavy atom. The van der Waals surface area contributed by atoms with Crippen molar-refractivity contribution in [3.63, 3.8) is 0 Å². The summed E-state index contributed by atoms with van der Waals surface area (Å²) >= 11 is 3.40. The molecule has 2 atom stereocenters. The van der Waals surface area contributed by atoms with Gasteiger partial charge >= 0.3 is 12.1 Å². The second-order valence-corrected chi connectivity index (χ2v) is 7.41. The van der Waals surface area contributed by atoms with Gasteiger partial charge in [-0.2, -0.15) is 0 Å². The maximum Gasteiger partial charge on any atom is 0.410 e. The second-order valence-electron chi connectivity index (χ2n) is 6.49. The highest BCUT2D eigenvalue weighted by molar-refractivity contribution is 9.10. The second kappa shape index (κ2) is 6.28. The van der Waals surface area contributed by atoms with Crippen LogP contribution in [0.15, 0.2) is 28.7 Å². The zero-order valence-corrected chi connectivity index (χ0v) is 14.5. The van der Waals surface area contributed by atoms with Gasteiger partial charge in [0.1, 0.15) is 5.60 Å². The summed E-state index contributed by atoms with van der Waals surface area (Å²) < 4.78 is 6.24. The van der Waals surface area contributed by atoms with Gasteiger partial charge < -0.3 is 14.7 Å². The van der Waals surface area contributed by atoms with Crippen LogP contribution in [0.1, 0.15) is 32.3 Å². The number of benzene rings is 1. The molecular weight excluding hydrogens is 350 g/mol. The minimum Gasteiger partial charge on any atom is -0.481 e. The average molecular weight is 370 g/mol. The highest BCUT2D eigenvalue weighted by Crippen LogP contribution is 2.34. The summed E-state index contributed by atoms with van der Waals surface area (Å²) in [6, 6.07) is 7.55. The van der Waals surface area contributed by atoms with Crippen molar-refractivity contribution in [2.24, 2.45) is 5.92 Å². The maximum absolute atomic E-state index is 12.2. The van der Waals surface area contributed by atoms with E-state index in [0.29, 0.717) is 6.54 Å². The van der Waals surface area contributed by atoms with Gasteiger partial charge in [0, 0.05) is 23.5 Å². The number of ether oxygens (including phenoxy) is 1. The number of carbonyl (C=O) groups is 2. The van der Waals surface area contributed by atoms with Crippen molar-refractivity contribution >= 4 is 28.0 Å². The number of carboxylic acids is 1. The van der Waals surface area contributed by atoms with E-state index < -0.39 is 23.6 Å². The summed E-state index contributed by atoms with van der Waals surface area (Å²) in [5.74, 6) is -1.75. The summed E-state index contributed by atoms with van der Waals surface area (Å²) in [5.41, 5.74) is 0.316. The SMILES string of the molecule is CC(C)(C)OC(=O)N1CC(C(=O)O)C(c2cccc(Br)c2)C1. The quantitative estimate of drug-likeness (QED) is 0.866. The van der Waals surface area contributed by atoms with E-state index in [1.807, 2.05) is 24.3 Å². The minimum absolute atomic E-state index is 0.168. The first-order valence-electron chi connectivity index (χ1n) is 7.13. The molecule has 1 fully saturated rings. The van der Waals surface area contributed by atoms with Crippen molar-refractivity contribution in [3.8, 4) is 0 Å². The zero-order valence-electron chi connectivity index (χ0n) is 12.9. The lowest BCUT2D eigenvalue weighted by Gasteiger charge is -2.24. The molecule has 0 saturated carbocycles. The predicted molar refractivity (Wildman–Crippen MR) is 85.8 cm³/mol. The molecule has 1 aromatic rings. The molecule has 22 heavy (non-hydrogen) atoms. The molecule has 1 aliphatic rings. The van der Waals surface area contributed by atoms with Crippen LogP contribution in [0.25, 0.3) is 0 Å².